The summed E-state index contributed by atoms with van der Waals surface area (Å²) in [6, 6.07) is 6.41. The minimum atomic E-state index is -0.454. The molecule has 0 aliphatic rings. The molecule has 0 fully saturated rings. The normalized spacial score (nSPS) is 9.95. The van der Waals surface area contributed by atoms with Gasteiger partial charge in [-0.2, -0.15) is 10.4 Å². The third-order valence-electron chi connectivity index (χ3n) is 2.98. The van der Waals surface area contributed by atoms with Crippen molar-refractivity contribution in [1.29, 1.82) is 5.26 Å². The third kappa shape index (κ3) is 2.52. The molecule has 0 bridgehead atoms. The topological polar surface area (TPSA) is 70.8 Å². The smallest absolute Gasteiger partial charge is 0.171 e. The molecule has 5 nitrogen and oxygen atoms in total. The number of benzene rings is 1. The Morgan fingerprint density at radius 1 is 1.30 bits per heavy atom. The molecule has 102 valence electrons. The van der Waals surface area contributed by atoms with Crippen LogP contribution < -0.4 is 10.1 Å². The summed E-state index contributed by atoms with van der Waals surface area (Å²) in [5.41, 5.74) is 2.45. The van der Waals surface area contributed by atoms with E-state index in [1.165, 1.54) is 25.3 Å². The highest BCUT2D eigenvalue weighted by Crippen LogP contribution is 2.26. The second kappa shape index (κ2) is 5.53. The number of anilines is 2. The molecule has 6 heteroatoms. The van der Waals surface area contributed by atoms with Gasteiger partial charge in [0.15, 0.2) is 17.4 Å². The fraction of sp³-hybridized carbons (Fsp3) is 0.214. The molecule has 2 rings (SSSR count). The molecule has 1 aromatic heterocycles. The van der Waals surface area contributed by atoms with Gasteiger partial charge in [-0.1, -0.05) is 0 Å². The molecular formula is C14H13FN4O. The number of nitriles is 1. The van der Waals surface area contributed by atoms with Crippen LogP contribution in [0.2, 0.25) is 0 Å². The molecule has 0 radical (unpaired) electrons. The second-order valence-corrected chi connectivity index (χ2v) is 4.22. The third-order valence-corrected chi connectivity index (χ3v) is 2.98. The first-order chi connectivity index (χ1) is 9.56. The van der Waals surface area contributed by atoms with Crippen LogP contribution in [0, 0.1) is 31.0 Å². The van der Waals surface area contributed by atoms with Gasteiger partial charge in [0, 0.05) is 11.8 Å². The molecule has 1 heterocycles. The van der Waals surface area contributed by atoms with Gasteiger partial charge >= 0.3 is 0 Å². The van der Waals surface area contributed by atoms with E-state index in [0.717, 1.165) is 5.56 Å². The van der Waals surface area contributed by atoms with Gasteiger partial charge in [0.2, 0.25) is 0 Å². The molecule has 0 aliphatic carbocycles. The largest absolute Gasteiger partial charge is 0.494 e. The molecule has 1 aromatic carbocycles. The number of nitrogens with one attached hydrogen (secondary N) is 1. The Labute approximate surface area is 116 Å². The van der Waals surface area contributed by atoms with Gasteiger partial charge in [-0.25, -0.2) is 4.39 Å². The number of halogens is 1. The lowest BCUT2D eigenvalue weighted by Crippen LogP contribution is -2.04. The Hall–Kier alpha value is -2.68. The SMILES string of the molecule is COc1cc(Nc2nnc(C)c(C)c2C#N)ccc1F. The summed E-state index contributed by atoms with van der Waals surface area (Å²) in [7, 11) is 1.39. The van der Waals surface area contributed by atoms with Gasteiger partial charge in [-0.05, 0) is 31.5 Å². The van der Waals surface area contributed by atoms with E-state index in [1.807, 2.05) is 0 Å². The molecule has 0 unspecified atom stereocenters. The molecule has 0 saturated heterocycles. The van der Waals surface area contributed by atoms with Crippen molar-refractivity contribution in [3.63, 3.8) is 0 Å². The number of nitrogens with zero attached hydrogens (tertiary/aromatic N) is 3. The van der Waals surface area contributed by atoms with Crippen LogP contribution in [0.15, 0.2) is 18.2 Å². The van der Waals surface area contributed by atoms with Crippen molar-refractivity contribution in [2.24, 2.45) is 0 Å². The lowest BCUT2D eigenvalue weighted by atomic mass is 10.1. The zero-order chi connectivity index (χ0) is 14.7. The maximum atomic E-state index is 13.3. The Kier molecular flexibility index (Phi) is 3.80. The number of hydrogen-bond acceptors (Lipinski definition) is 5. The van der Waals surface area contributed by atoms with Crippen molar-refractivity contribution in [2.75, 3.05) is 12.4 Å². The predicted molar refractivity (Wildman–Crippen MR) is 72.5 cm³/mol. The average Bonchev–Trinajstić information content (AvgIpc) is 2.45. The first kappa shape index (κ1) is 13.7. The van der Waals surface area contributed by atoms with E-state index < -0.39 is 5.82 Å². The van der Waals surface area contributed by atoms with Gasteiger partial charge in [0.1, 0.15) is 11.6 Å². The molecule has 1 N–H and O–H groups in total. The highest BCUT2D eigenvalue weighted by Gasteiger charge is 2.12. The quantitative estimate of drug-likeness (QED) is 0.930. The van der Waals surface area contributed by atoms with E-state index in [1.54, 1.807) is 13.8 Å². The van der Waals surface area contributed by atoms with Gasteiger partial charge in [0.25, 0.3) is 0 Å². The highest BCUT2D eigenvalue weighted by atomic mass is 19.1. The van der Waals surface area contributed by atoms with E-state index in [2.05, 4.69) is 21.6 Å². The average molecular weight is 272 g/mol. The molecule has 0 aliphatic heterocycles. The maximum absolute atomic E-state index is 13.3. The van der Waals surface area contributed by atoms with Crippen molar-refractivity contribution in [3.8, 4) is 11.8 Å². The Bertz CT molecular complexity index is 694. The van der Waals surface area contributed by atoms with Gasteiger partial charge < -0.3 is 10.1 Å². The number of rotatable bonds is 3. The van der Waals surface area contributed by atoms with Gasteiger partial charge in [-0.3, -0.25) is 0 Å². The fourth-order valence-corrected chi connectivity index (χ4v) is 1.71. The maximum Gasteiger partial charge on any atom is 0.171 e. The summed E-state index contributed by atoms with van der Waals surface area (Å²) in [6.45, 7) is 3.59. The van der Waals surface area contributed by atoms with Gasteiger partial charge in [-0.15, -0.1) is 5.10 Å². The van der Waals surface area contributed by atoms with Crippen molar-refractivity contribution in [1.82, 2.24) is 10.2 Å². The molecule has 0 atom stereocenters. The number of hydrogen-bond donors (Lipinski definition) is 1. The van der Waals surface area contributed by atoms with Crippen LogP contribution in [0.4, 0.5) is 15.9 Å². The summed E-state index contributed by atoms with van der Waals surface area (Å²) in [6.07, 6.45) is 0. The van der Waals surface area contributed by atoms with Crippen LogP contribution in [0.3, 0.4) is 0 Å². The van der Waals surface area contributed by atoms with Crippen molar-refractivity contribution in [2.45, 2.75) is 13.8 Å². The summed E-state index contributed by atoms with van der Waals surface area (Å²) in [4.78, 5) is 0. The Balaban J connectivity index is 2.41. The van der Waals surface area contributed by atoms with Crippen molar-refractivity contribution in [3.05, 3.63) is 40.8 Å². The number of aromatic nitrogens is 2. The zero-order valence-electron chi connectivity index (χ0n) is 11.4. The van der Waals surface area contributed by atoms with E-state index in [9.17, 15) is 9.65 Å². The molecule has 20 heavy (non-hydrogen) atoms. The predicted octanol–water partition coefficient (Wildman–Crippen LogP) is 2.86. The minimum absolute atomic E-state index is 0.116. The van der Waals surface area contributed by atoms with E-state index in [0.29, 0.717) is 22.8 Å². The highest BCUT2D eigenvalue weighted by molar-refractivity contribution is 5.65. The number of ether oxygens (including phenoxy) is 1. The summed E-state index contributed by atoms with van der Waals surface area (Å²) in [5.74, 6) is -0.000658. The first-order valence-electron chi connectivity index (χ1n) is 5.91. The van der Waals surface area contributed by atoms with Gasteiger partial charge in [0.05, 0.1) is 12.8 Å². The monoisotopic (exact) mass is 272 g/mol. The molecule has 2 aromatic rings. The fourth-order valence-electron chi connectivity index (χ4n) is 1.71. The molecule has 0 amide bonds. The zero-order valence-corrected chi connectivity index (χ0v) is 11.4. The standard InChI is InChI=1S/C14H13FN4O/c1-8-9(2)18-19-14(11(8)7-16)17-10-4-5-12(15)13(6-10)20-3/h4-6H,1-3H3,(H,17,19). The van der Waals surface area contributed by atoms with Crippen LogP contribution in [0.1, 0.15) is 16.8 Å². The molecular weight excluding hydrogens is 259 g/mol. The van der Waals surface area contributed by atoms with Crippen LogP contribution in [0.25, 0.3) is 0 Å². The van der Waals surface area contributed by atoms with Crippen LogP contribution >= 0.6 is 0 Å². The molecule has 0 spiro atoms. The van der Waals surface area contributed by atoms with Crippen LogP contribution in [-0.2, 0) is 0 Å². The second-order valence-electron chi connectivity index (χ2n) is 4.22. The van der Waals surface area contributed by atoms with E-state index in [-0.39, 0.29) is 5.75 Å². The van der Waals surface area contributed by atoms with Crippen molar-refractivity contribution < 1.29 is 9.13 Å². The Morgan fingerprint density at radius 3 is 2.70 bits per heavy atom. The number of methoxy groups -OCH3 is 1. The van der Waals surface area contributed by atoms with Crippen LogP contribution in [-0.4, -0.2) is 17.3 Å². The summed E-state index contributed by atoms with van der Waals surface area (Å²) >= 11 is 0. The lowest BCUT2D eigenvalue weighted by molar-refractivity contribution is 0.387. The minimum Gasteiger partial charge on any atom is -0.494 e. The van der Waals surface area contributed by atoms with Crippen molar-refractivity contribution >= 4 is 11.5 Å². The van der Waals surface area contributed by atoms with E-state index in [4.69, 9.17) is 4.74 Å². The molecule has 0 saturated carbocycles. The summed E-state index contributed by atoms with van der Waals surface area (Å²) < 4.78 is 18.2. The first-order valence-corrected chi connectivity index (χ1v) is 5.91. The Morgan fingerprint density at radius 2 is 2.05 bits per heavy atom. The lowest BCUT2D eigenvalue weighted by Gasteiger charge is -2.10. The van der Waals surface area contributed by atoms with Crippen LogP contribution in [0.5, 0.6) is 5.75 Å². The van der Waals surface area contributed by atoms with E-state index >= 15 is 0 Å². The number of aryl methyl sites for hydroxylation is 1. The summed E-state index contributed by atoms with van der Waals surface area (Å²) in [5, 5.41) is 20.1.